The molecule has 0 aromatic carbocycles. The fraction of sp³-hybridized carbons (Fsp3) is 0.867. The van der Waals surface area contributed by atoms with Gasteiger partial charge in [0.25, 0.3) is 0 Å². The number of hydrogen-bond donors (Lipinski definition) is 2. The molecule has 0 spiro atoms. The molecule has 110 valence electrons. The van der Waals surface area contributed by atoms with Crippen LogP contribution < -0.4 is 10.6 Å². The van der Waals surface area contributed by atoms with Gasteiger partial charge in [-0.1, -0.05) is 20.3 Å². The Bertz CT molecular complexity index is 292. The van der Waals surface area contributed by atoms with Gasteiger partial charge in [0, 0.05) is 19.5 Å². The fourth-order valence-electron chi connectivity index (χ4n) is 1.61. The van der Waals surface area contributed by atoms with Crippen molar-refractivity contribution in [2.24, 2.45) is 11.3 Å². The molecule has 0 atom stereocenters. The minimum absolute atomic E-state index is 0.117. The normalized spacial score (nSPS) is 11.4. The number of hydrogen-bond acceptors (Lipinski definition) is 3. The van der Waals surface area contributed by atoms with E-state index in [-0.39, 0.29) is 11.3 Å². The van der Waals surface area contributed by atoms with E-state index in [1.165, 1.54) is 0 Å². The Morgan fingerprint density at radius 3 is 2.53 bits per heavy atom. The van der Waals surface area contributed by atoms with Crippen LogP contribution in [0.15, 0.2) is 0 Å². The molecule has 4 nitrogen and oxygen atoms in total. The fourth-order valence-corrected chi connectivity index (χ4v) is 1.61. The van der Waals surface area contributed by atoms with Gasteiger partial charge in [0.15, 0.2) is 0 Å². The van der Waals surface area contributed by atoms with E-state index in [1.54, 1.807) is 0 Å². The van der Waals surface area contributed by atoms with Crippen LogP contribution in [0.2, 0.25) is 0 Å². The maximum Gasteiger partial charge on any atom is 0.221 e. The predicted octanol–water partition coefficient (Wildman–Crippen LogP) is 2.46. The Labute approximate surface area is 118 Å². The lowest BCUT2D eigenvalue weighted by Crippen LogP contribution is -2.30. The third kappa shape index (κ3) is 11.7. The van der Waals surface area contributed by atoms with Gasteiger partial charge in [-0.2, -0.15) is 5.26 Å². The Morgan fingerprint density at radius 2 is 1.95 bits per heavy atom. The third-order valence-electron chi connectivity index (χ3n) is 2.94. The Morgan fingerprint density at radius 1 is 1.26 bits per heavy atom. The molecule has 2 N–H and O–H groups in total. The zero-order chi connectivity index (χ0) is 14.7. The van der Waals surface area contributed by atoms with E-state index >= 15 is 0 Å². The van der Waals surface area contributed by atoms with E-state index < -0.39 is 0 Å². The summed E-state index contributed by atoms with van der Waals surface area (Å²) in [7, 11) is 0. The lowest BCUT2D eigenvalue weighted by Gasteiger charge is -2.14. The maximum atomic E-state index is 11.4. The van der Waals surface area contributed by atoms with Gasteiger partial charge in [0.2, 0.25) is 5.91 Å². The van der Waals surface area contributed by atoms with Gasteiger partial charge >= 0.3 is 0 Å². The number of nitrogens with zero attached hydrogens (tertiary/aromatic N) is 1. The molecule has 0 aromatic heterocycles. The van der Waals surface area contributed by atoms with Crippen LogP contribution in [-0.4, -0.2) is 25.5 Å². The van der Waals surface area contributed by atoms with Crippen molar-refractivity contribution in [2.75, 3.05) is 19.6 Å². The number of unbranched alkanes of at least 4 members (excludes halogenated alkanes) is 1. The second kappa shape index (κ2) is 9.80. The molecule has 0 saturated carbocycles. The lowest BCUT2D eigenvalue weighted by atomic mass is 9.89. The van der Waals surface area contributed by atoms with Crippen LogP contribution in [0, 0.1) is 22.7 Å². The smallest absolute Gasteiger partial charge is 0.221 e. The van der Waals surface area contributed by atoms with Gasteiger partial charge in [-0.15, -0.1) is 0 Å². The third-order valence-corrected chi connectivity index (χ3v) is 2.94. The topological polar surface area (TPSA) is 64.9 Å². The van der Waals surface area contributed by atoms with Crippen LogP contribution in [0.25, 0.3) is 0 Å². The molecule has 19 heavy (non-hydrogen) atoms. The standard InChI is InChI=1S/C15H29N3O/c1-13(2)11-18-14(19)7-10-17-9-6-5-8-15(3,4)12-16/h13,17H,5-11H2,1-4H3,(H,18,19). The molecule has 0 aliphatic heterocycles. The summed E-state index contributed by atoms with van der Waals surface area (Å²) in [5.74, 6) is 0.618. The van der Waals surface area contributed by atoms with Crippen molar-refractivity contribution in [3.8, 4) is 6.07 Å². The van der Waals surface area contributed by atoms with E-state index in [2.05, 4.69) is 30.6 Å². The van der Waals surface area contributed by atoms with E-state index in [0.29, 0.717) is 12.3 Å². The zero-order valence-electron chi connectivity index (χ0n) is 12.9. The van der Waals surface area contributed by atoms with Crippen LogP contribution in [0.4, 0.5) is 0 Å². The summed E-state index contributed by atoms with van der Waals surface area (Å²) in [6, 6.07) is 2.31. The van der Waals surface area contributed by atoms with Crippen LogP contribution >= 0.6 is 0 Å². The van der Waals surface area contributed by atoms with Crippen molar-refractivity contribution in [2.45, 2.75) is 53.4 Å². The van der Waals surface area contributed by atoms with Gasteiger partial charge in [-0.05, 0) is 39.2 Å². The van der Waals surface area contributed by atoms with Crippen molar-refractivity contribution in [3.05, 3.63) is 0 Å². The molecule has 0 bridgehead atoms. The molecule has 0 aromatic rings. The van der Waals surface area contributed by atoms with Gasteiger partial charge in [0.1, 0.15) is 0 Å². The second-order valence-electron chi connectivity index (χ2n) is 6.15. The number of carbonyl (C=O) groups is 1. The van der Waals surface area contributed by atoms with E-state index in [0.717, 1.165) is 38.9 Å². The number of rotatable bonds is 10. The molecular formula is C15H29N3O. The Kier molecular flexibility index (Phi) is 9.24. The predicted molar refractivity (Wildman–Crippen MR) is 78.6 cm³/mol. The molecule has 0 fully saturated rings. The zero-order valence-corrected chi connectivity index (χ0v) is 12.9. The highest BCUT2D eigenvalue weighted by Gasteiger charge is 2.15. The van der Waals surface area contributed by atoms with Crippen molar-refractivity contribution in [1.29, 1.82) is 5.26 Å². The summed E-state index contributed by atoms with van der Waals surface area (Å²) < 4.78 is 0. The summed E-state index contributed by atoms with van der Waals surface area (Å²) >= 11 is 0. The number of carbonyl (C=O) groups excluding carboxylic acids is 1. The molecule has 0 aliphatic rings. The number of amides is 1. The molecule has 0 heterocycles. The first-order valence-electron chi connectivity index (χ1n) is 7.26. The average Bonchev–Trinajstić information content (AvgIpc) is 2.35. The molecule has 0 rings (SSSR count). The monoisotopic (exact) mass is 267 g/mol. The van der Waals surface area contributed by atoms with E-state index in [9.17, 15) is 4.79 Å². The van der Waals surface area contributed by atoms with E-state index in [1.807, 2.05) is 13.8 Å². The lowest BCUT2D eigenvalue weighted by molar-refractivity contribution is -0.121. The largest absolute Gasteiger partial charge is 0.356 e. The Hall–Kier alpha value is -1.08. The minimum Gasteiger partial charge on any atom is -0.356 e. The van der Waals surface area contributed by atoms with Crippen LogP contribution in [0.3, 0.4) is 0 Å². The first-order chi connectivity index (χ1) is 8.87. The second-order valence-corrected chi connectivity index (χ2v) is 6.15. The van der Waals surface area contributed by atoms with Gasteiger partial charge in [-0.25, -0.2) is 0 Å². The molecule has 0 saturated heterocycles. The number of nitrogens with one attached hydrogen (secondary N) is 2. The Balaban J connectivity index is 3.37. The maximum absolute atomic E-state index is 11.4. The molecular weight excluding hydrogens is 238 g/mol. The first kappa shape index (κ1) is 17.9. The summed E-state index contributed by atoms with van der Waals surface area (Å²) in [6.45, 7) is 10.5. The summed E-state index contributed by atoms with van der Waals surface area (Å²) in [5, 5.41) is 15.0. The van der Waals surface area contributed by atoms with Crippen molar-refractivity contribution in [3.63, 3.8) is 0 Å². The first-order valence-corrected chi connectivity index (χ1v) is 7.26. The SMILES string of the molecule is CC(C)CNC(=O)CCNCCCCC(C)(C)C#N. The highest BCUT2D eigenvalue weighted by Crippen LogP contribution is 2.21. The highest BCUT2D eigenvalue weighted by molar-refractivity contribution is 5.76. The van der Waals surface area contributed by atoms with Crippen molar-refractivity contribution in [1.82, 2.24) is 10.6 Å². The summed E-state index contributed by atoms with van der Waals surface area (Å²) in [4.78, 5) is 11.4. The van der Waals surface area contributed by atoms with Crippen LogP contribution in [-0.2, 0) is 4.79 Å². The molecule has 4 heteroatoms. The highest BCUT2D eigenvalue weighted by atomic mass is 16.1. The van der Waals surface area contributed by atoms with Crippen molar-refractivity contribution >= 4 is 5.91 Å². The van der Waals surface area contributed by atoms with Crippen molar-refractivity contribution < 1.29 is 4.79 Å². The van der Waals surface area contributed by atoms with E-state index in [4.69, 9.17) is 5.26 Å². The molecule has 1 amide bonds. The van der Waals surface area contributed by atoms with Crippen LogP contribution in [0.1, 0.15) is 53.4 Å². The van der Waals surface area contributed by atoms with Gasteiger partial charge < -0.3 is 10.6 Å². The molecule has 0 aliphatic carbocycles. The molecule has 0 unspecified atom stereocenters. The minimum atomic E-state index is -0.212. The summed E-state index contributed by atoms with van der Waals surface area (Å²) in [5.41, 5.74) is -0.212. The summed E-state index contributed by atoms with van der Waals surface area (Å²) in [6.07, 6.45) is 3.57. The van der Waals surface area contributed by atoms with Crippen LogP contribution in [0.5, 0.6) is 0 Å². The average molecular weight is 267 g/mol. The quantitative estimate of drug-likeness (QED) is 0.598. The van der Waals surface area contributed by atoms with Gasteiger partial charge in [-0.3, -0.25) is 4.79 Å². The van der Waals surface area contributed by atoms with Gasteiger partial charge in [0.05, 0.1) is 11.5 Å². The number of nitriles is 1. The molecule has 0 radical (unpaired) electrons.